The second kappa shape index (κ2) is 6.40. The topological polar surface area (TPSA) is 52.6 Å². The molecule has 4 nitrogen and oxygen atoms in total. The third-order valence-corrected chi connectivity index (χ3v) is 2.36. The fourth-order valence-corrected chi connectivity index (χ4v) is 1.46. The molecule has 0 spiro atoms. The Morgan fingerprint density at radius 2 is 1.26 bits per heavy atom. The molecule has 0 bridgehead atoms. The van der Waals surface area contributed by atoms with Gasteiger partial charge in [0.2, 0.25) is 0 Å². The van der Waals surface area contributed by atoms with Crippen LogP contribution in [0.5, 0.6) is 11.5 Å². The summed E-state index contributed by atoms with van der Waals surface area (Å²) >= 11 is 0. The predicted molar refractivity (Wildman–Crippen MR) is 70.7 cm³/mol. The van der Waals surface area contributed by atoms with Gasteiger partial charge in [0, 0.05) is 11.1 Å². The summed E-state index contributed by atoms with van der Waals surface area (Å²) in [5, 5.41) is 0. The summed E-state index contributed by atoms with van der Waals surface area (Å²) in [6.45, 7) is 0. The van der Waals surface area contributed by atoms with E-state index in [1.807, 2.05) is 0 Å². The zero-order chi connectivity index (χ0) is 13.5. The van der Waals surface area contributed by atoms with Crippen molar-refractivity contribution < 1.29 is 18.9 Å². The fourth-order valence-electron chi connectivity index (χ4n) is 1.46. The average molecular weight is 253 g/mol. The minimum atomic E-state index is 0.496. The first-order valence-electron chi connectivity index (χ1n) is 5.57. The maximum absolute atomic E-state index is 10.6. The molecule has 0 aliphatic carbocycles. The van der Waals surface area contributed by atoms with Gasteiger partial charge < -0.3 is 9.31 Å². The van der Waals surface area contributed by atoms with Gasteiger partial charge in [0.05, 0.1) is 0 Å². The van der Waals surface area contributed by atoms with Gasteiger partial charge in [-0.15, -0.1) is 0 Å². The van der Waals surface area contributed by atoms with Gasteiger partial charge in [0.25, 0.3) is 0 Å². The van der Waals surface area contributed by atoms with Crippen LogP contribution in [0.25, 0.3) is 0 Å². The van der Waals surface area contributed by atoms with E-state index in [0.717, 1.165) is 20.3 Å². The van der Waals surface area contributed by atoms with Crippen LogP contribution in [0.15, 0.2) is 48.5 Å². The lowest BCUT2D eigenvalue weighted by atomic mass is 10.2. The van der Waals surface area contributed by atoms with Crippen molar-refractivity contribution in [3.63, 3.8) is 0 Å². The van der Waals surface area contributed by atoms with Crippen LogP contribution in [-0.2, 0) is 0 Å². The number of carbonyl (C=O) groups is 2. The van der Waals surface area contributed by atoms with Crippen molar-refractivity contribution in [3.05, 3.63) is 59.7 Å². The Balaban J connectivity index is 1.92. The monoisotopic (exact) mass is 253 g/mol. The summed E-state index contributed by atoms with van der Waals surface area (Å²) < 4.78 is 10.5. The molecular formula is C14H10BO4. The Hall–Kier alpha value is -2.56. The smallest absolute Gasteiger partial charge is 0.526 e. The van der Waals surface area contributed by atoms with Gasteiger partial charge >= 0.3 is 7.69 Å². The summed E-state index contributed by atoms with van der Waals surface area (Å²) in [6.07, 6.45) is 1.47. The molecule has 0 aliphatic rings. The largest absolute Gasteiger partial charge is 0.658 e. The van der Waals surface area contributed by atoms with E-state index in [4.69, 9.17) is 9.31 Å². The minimum Gasteiger partial charge on any atom is -0.526 e. The van der Waals surface area contributed by atoms with E-state index < -0.39 is 0 Å². The third-order valence-electron chi connectivity index (χ3n) is 2.36. The molecule has 2 aromatic carbocycles. The van der Waals surface area contributed by atoms with E-state index in [2.05, 4.69) is 0 Å². The van der Waals surface area contributed by atoms with Crippen LogP contribution in [0.3, 0.4) is 0 Å². The molecule has 19 heavy (non-hydrogen) atoms. The number of benzene rings is 2. The van der Waals surface area contributed by atoms with Crippen molar-refractivity contribution in [2.75, 3.05) is 0 Å². The number of rotatable bonds is 6. The van der Waals surface area contributed by atoms with E-state index in [0.29, 0.717) is 22.6 Å². The summed E-state index contributed by atoms with van der Waals surface area (Å²) in [5.74, 6) is 0.993. The van der Waals surface area contributed by atoms with Crippen LogP contribution in [0.4, 0.5) is 0 Å². The SMILES string of the molecule is O=Cc1cccc(O[B]Oc2cccc(C=O)c2)c1. The van der Waals surface area contributed by atoms with Crippen LogP contribution in [0.1, 0.15) is 20.7 Å². The molecule has 0 N–H and O–H groups in total. The quantitative estimate of drug-likeness (QED) is 0.585. The van der Waals surface area contributed by atoms with Gasteiger partial charge in [-0.25, -0.2) is 0 Å². The molecule has 0 aliphatic heterocycles. The highest BCUT2D eigenvalue weighted by atomic mass is 16.6. The molecule has 5 heteroatoms. The van der Waals surface area contributed by atoms with Gasteiger partial charge in [-0.1, -0.05) is 24.3 Å². The molecule has 0 saturated heterocycles. The summed E-state index contributed by atoms with van der Waals surface area (Å²) in [4.78, 5) is 21.2. The summed E-state index contributed by atoms with van der Waals surface area (Å²) in [7, 11) is 1.15. The lowest BCUT2D eigenvalue weighted by molar-refractivity contribution is 0.111. The van der Waals surface area contributed by atoms with Crippen molar-refractivity contribution in [3.8, 4) is 11.5 Å². The van der Waals surface area contributed by atoms with Crippen LogP contribution in [0.2, 0.25) is 0 Å². The Bertz CT molecular complexity index is 532. The van der Waals surface area contributed by atoms with Crippen LogP contribution in [-0.4, -0.2) is 20.3 Å². The number of hydrogen-bond donors (Lipinski definition) is 0. The van der Waals surface area contributed by atoms with Crippen molar-refractivity contribution in [1.82, 2.24) is 0 Å². The van der Waals surface area contributed by atoms with E-state index in [9.17, 15) is 9.59 Å². The molecule has 0 fully saturated rings. The molecule has 0 aromatic heterocycles. The molecule has 0 atom stereocenters. The standard InChI is InChI=1S/C14H10BO4/c16-9-11-3-1-5-13(7-11)18-15-19-14-6-2-4-12(8-14)10-17/h1-10H. The van der Waals surface area contributed by atoms with Gasteiger partial charge in [0.15, 0.2) is 0 Å². The first-order valence-corrected chi connectivity index (χ1v) is 5.57. The zero-order valence-electron chi connectivity index (χ0n) is 9.98. The zero-order valence-corrected chi connectivity index (χ0v) is 9.98. The molecule has 2 aromatic rings. The average Bonchev–Trinajstić information content (AvgIpc) is 2.48. The Morgan fingerprint density at radius 3 is 1.68 bits per heavy atom. The Labute approximate surface area is 111 Å². The Morgan fingerprint density at radius 1 is 0.789 bits per heavy atom. The Kier molecular flexibility index (Phi) is 4.34. The van der Waals surface area contributed by atoms with E-state index >= 15 is 0 Å². The first-order chi connectivity index (χ1) is 9.31. The summed E-state index contributed by atoms with van der Waals surface area (Å²) in [6, 6.07) is 13.4. The molecule has 2 rings (SSSR count). The highest BCUT2D eigenvalue weighted by Crippen LogP contribution is 2.14. The molecule has 1 radical (unpaired) electrons. The highest BCUT2D eigenvalue weighted by molar-refractivity contribution is 6.20. The predicted octanol–water partition coefficient (Wildman–Crippen LogP) is 2.30. The molecule has 0 unspecified atom stereocenters. The normalized spacial score (nSPS) is 9.47. The fraction of sp³-hybridized carbons (Fsp3) is 0. The second-order valence-electron chi connectivity index (χ2n) is 3.71. The lowest BCUT2D eigenvalue weighted by Gasteiger charge is -2.06. The molecule has 0 amide bonds. The lowest BCUT2D eigenvalue weighted by Crippen LogP contribution is -2.11. The van der Waals surface area contributed by atoms with Crippen LogP contribution in [0, 0.1) is 0 Å². The molecular weight excluding hydrogens is 243 g/mol. The maximum Gasteiger partial charge on any atom is 0.658 e. The van der Waals surface area contributed by atoms with Crippen molar-refractivity contribution >= 4 is 20.3 Å². The number of hydrogen-bond acceptors (Lipinski definition) is 4. The van der Waals surface area contributed by atoms with Gasteiger partial charge in [-0.05, 0) is 24.3 Å². The number of carbonyl (C=O) groups excluding carboxylic acids is 2. The van der Waals surface area contributed by atoms with Crippen LogP contribution < -0.4 is 9.31 Å². The molecule has 0 saturated carbocycles. The van der Waals surface area contributed by atoms with Gasteiger partial charge in [0.1, 0.15) is 24.1 Å². The van der Waals surface area contributed by atoms with E-state index in [-0.39, 0.29) is 0 Å². The van der Waals surface area contributed by atoms with Gasteiger partial charge in [-0.2, -0.15) is 0 Å². The van der Waals surface area contributed by atoms with Crippen molar-refractivity contribution in [1.29, 1.82) is 0 Å². The van der Waals surface area contributed by atoms with E-state index in [1.165, 1.54) is 0 Å². The highest BCUT2D eigenvalue weighted by Gasteiger charge is 2.03. The molecule has 93 valence electrons. The van der Waals surface area contributed by atoms with Crippen molar-refractivity contribution in [2.24, 2.45) is 0 Å². The van der Waals surface area contributed by atoms with Crippen LogP contribution >= 0.6 is 0 Å². The van der Waals surface area contributed by atoms with Gasteiger partial charge in [-0.3, -0.25) is 9.59 Å². The van der Waals surface area contributed by atoms with Crippen molar-refractivity contribution in [2.45, 2.75) is 0 Å². The first kappa shape index (κ1) is 12.9. The third kappa shape index (κ3) is 3.71. The second-order valence-corrected chi connectivity index (χ2v) is 3.71. The minimum absolute atomic E-state index is 0.496. The maximum atomic E-state index is 10.6. The number of aldehydes is 2. The van der Waals surface area contributed by atoms with E-state index in [1.54, 1.807) is 48.5 Å². The molecule has 0 heterocycles. The summed E-state index contributed by atoms with van der Waals surface area (Å²) in [5.41, 5.74) is 1.04.